The van der Waals surface area contributed by atoms with Crippen LogP contribution in [0.5, 0.6) is 5.75 Å². The summed E-state index contributed by atoms with van der Waals surface area (Å²) in [5.41, 5.74) is 0.323. The minimum atomic E-state index is -4.80. The van der Waals surface area contributed by atoms with Gasteiger partial charge in [-0.2, -0.15) is 0 Å². The molecule has 29 heavy (non-hydrogen) atoms. The van der Waals surface area contributed by atoms with Crippen molar-refractivity contribution in [3.05, 3.63) is 54.3 Å². The summed E-state index contributed by atoms with van der Waals surface area (Å²) < 4.78 is 53.8. The number of anilines is 2. The van der Waals surface area contributed by atoms with Crippen LogP contribution in [0, 0.1) is 5.82 Å². The SMILES string of the molecule is C[C@@H](C(=O)Nc1ccccc1F)[NH+](C)CC(=O)Nc1ccc(OC(F)(F)F)cc1. The van der Waals surface area contributed by atoms with E-state index in [1.54, 1.807) is 20.0 Å². The second kappa shape index (κ2) is 9.37. The zero-order chi connectivity index (χ0) is 21.6. The third-order valence-corrected chi connectivity index (χ3v) is 4.08. The van der Waals surface area contributed by atoms with Crippen LogP contribution in [-0.4, -0.2) is 37.8 Å². The molecule has 2 aromatic rings. The molecule has 3 N–H and O–H groups in total. The molecule has 0 aromatic heterocycles. The van der Waals surface area contributed by atoms with Crippen LogP contribution in [-0.2, 0) is 9.59 Å². The number of para-hydroxylation sites is 1. The fourth-order valence-corrected chi connectivity index (χ4v) is 2.38. The summed E-state index contributed by atoms with van der Waals surface area (Å²) in [4.78, 5) is 24.9. The lowest BCUT2D eigenvalue weighted by Gasteiger charge is -2.20. The molecule has 2 aromatic carbocycles. The largest absolute Gasteiger partial charge is 0.573 e. The molecule has 0 aliphatic rings. The molecule has 0 bridgehead atoms. The van der Waals surface area contributed by atoms with Crippen molar-refractivity contribution in [1.29, 1.82) is 0 Å². The highest BCUT2D eigenvalue weighted by molar-refractivity contribution is 5.94. The Morgan fingerprint density at radius 1 is 1.07 bits per heavy atom. The quantitative estimate of drug-likeness (QED) is 0.609. The van der Waals surface area contributed by atoms with E-state index in [0.717, 1.165) is 12.1 Å². The zero-order valence-electron chi connectivity index (χ0n) is 15.6. The van der Waals surface area contributed by atoms with E-state index in [2.05, 4.69) is 15.4 Å². The Morgan fingerprint density at radius 2 is 1.69 bits per heavy atom. The van der Waals surface area contributed by atoms with Gasteiger partial charge in [0.25, 0.3) is 11.8 Å². The van der Waals surface area contributed by atoms with E-state index in [0.29, 0.717) is 4.90 Å². The molecule has 0 spiro atoms. The number of alkyl halides is 3. The summed E-state index contributed by atoms with van der Waals surface area (Å²) in [5, 5.41) is 4.99. The van der Waals surface area contributed by atoms with Crippen LogP contribution in [0.3, 0.4) is 0 Å². The summed E-state index contributed by atoms with van der Waals surface area (Å²) in [5.74, 6) is -1.88. The molecule has 0 fully saturated rings. The number of hydrogen-bond acceptors (Lipinski definition) is 3. The van der Waals surface area contributed by atoms with E-state index < -0.39 is 35.8 Å². The number of carbonyl (C=O) groups excluding carboxylic acids is 2. The van der Waals surface area contributed by atoms with Gasteiger partial charge in [-0.3, -0.25) is 9.59 Å². The van der Waals surface area contributed by atoms with Gasteiger partial charge in [-0.15, -0.1) is 13.2 Å². The average molecular weight is 414 g/mol. The molecule has 10 heteroatoms. The molecule has 0 aliphatic carbocycles. The number of ether oxygens (including phenoxy) is 1. The Morgan fingerprint density at radius 3 is 2.28 bits per heavy atom. The molecule has 2 atom stereocenters. The topological polar surface area (TPSA) is 71.9 Å². The van der Waals surface area contributed by atoms with E-state index >= 15 is 0 Å². The Bertz CT molecular complexity index is 857. The van der Waals surface area contributed by atoms with Gasteiger partial charge in [-0.05, 0) is 43.3 Å². The smallest absolute Gasteiger partial charge is 0.406 e. The molecule has 0 saturated heterocycles. The molecule has 0 saturated carbocycles. The summed E-state index contributed by atoms with van der Waals surface area (Å²) in [6.07, 6.45) is -4.80. The molecule has 156 valence electrons. The fourth-order valence-electron chi connectivity index (χ4n) is 2.38. The number of benzene rings is 2. The Labute approximate surface area is 164 Å². The van der Waals surface area contributed by atoms with E-state index in [1.165, 1.54) is 30.3 Å². The number of quaternary nitrogens is 1. The second-order valence-corrected chi connectivity index (χ2v) is 6.33. The molecular weight excluding hydrogens is 394 g/mol. The van der Waals surface area contributed by atoms with Gasteiger partial charge in [0.15, 0.2) is 12.6 Å². The number of nitrogens with one attached hydrogen (secondary N) is 3. The van der Waals surface area contributed by atoms with Gasteiger partial charge < -0.3 is 20.3 Å². The molecule has 6 nitrogen and oxygen atoms in total. The standard InChI is InChI=1S/C19H19F4N3O3/c1-12(18(28)25-16-6-4-3-5-15(16)20)26(2)11-17(27)24-13-7-9-14(10-8-13)29-19(21,22)23/h3-10,12H,11H2,1-2H3,(H,24,27)(H,25,28)/p+1/t12-/m0/s1. The number of carbonyl (C=O) groups is 2. The molecule has 2 rings (SSSR count). The van der Waals surface area contributed by atoms with Gasteiger partial charge in [0.2, 0.25) is 0 Å². The van der Waals surface area contributed by atoms with Crippen molar-refractivity contribution < 1.29 is 36.8 Å². The van der Waals surface area contributed by atoms with Crippen LogP contribution in [0.2, 0.25) is 0 Å². The minimum Gasteiger partial charge on any atom is -0.406 e. The first kappa shape index (κ1) is 22.2. The van der Waals surface area contributed by atoms with Crippen LogP contribution in [0.1, 0.15) is 6.92 Å². The lowest BCUT2D eigenvalue weighted by molar-refractivity contribution is -0.885. The van der Waals surface area contributed by atoms with Crippen LogP contribution in [0.15, 0.2) is 48.5 Å². The van der Waals surface area contributed by atoms with E-state index in [4.69, 9.17) is 0 Å². The second-order valence-electron chi connectivity index (χ2n) is 6.33. The fraction of sp³-hybridized carbons (Fsp3) is 0.263. The molecular formula is C19H20F4N3O3+. The van der Waals surface area contributed by atoms with Crippen LogP contribution >= 0.6 is 0 Å². The molecule has 2 amide bonds. The highest BCUT2D eigenvalue weighted by atomic mass is 19.4. The molecule has 0 aliphatic heterocycles. The van der Waals surface area contributed by atoms with E-state index in [1.807, 2.05) is 0 Å². The number of hydrogen-bond donors (Lipinski definition) is 3. The predicted molar refractivity (Wildman–Crippen MR) is 98.0 cm³/mol. The number of halogens is 4. The van der Waals surface area contributed by atoms with Crippen LogP contribution in [0.25, 0.3) is 0 Å². The molecule has 0 radical (unpaired) electrons. The molecule has 1 unspecified atom stereocenters. The summed E-state index contributed by atoms with van der Waals surface area (Å²) in [6.45, 7) is 1.49. The Hall–Kier alpha value is -3.14. The third-order valence-electron chi connectivity index (χ3n) is 4.08. The van der Waals surface area contributed by atoms with Gasteiger partial charge >= 0.3 is 6.36 Å². The lowest BCUT2D eigenvalue weighted by Crippen LogP contribution is -3.14. The zero-order valence-corrected chi connectivity index (χ0v) is 15.6. The van der Waals surface area contributed by atoms with Crippen LogP contribution < -0.4 is 20.3 Å². The maximum Gasteiger partial charge on any atom is 0.573 e. The van der Waals surface area contributed by atoms with Gasteiger partial charge in [-0.1, -0.05) is 12.1 Å². The van der Waals surface area contributed by atoms with Crippen molar-refractivity contribution in [3.8, 4) is 5.75 Å². The summed E-state index contributed by atoms with van der Waals surface area (Å²) >= 11 is 0. The van der Waals surface area contributed by atoms with Crippen molar-refractivity contribution in [2.24, 2.45) is 0 Å². The summed E-state index contributed by atoms with van der Waals surface area (Å²) in [6, 6.07) is 9.74. The van der Waals surface area contributed by atoms with Crippen molar-refractivity contribution in [1.82, 2.24) is 0 Å². The van der Waals surface area contributed by atoms with E-state index in [9.17, 15) is 27.2 Å². The minimum absolute atomic E-state index is 0.0442. The average Bonchev–Trinajstić information content (AvgIpc) is 2.63. The maximum atomic E-state index is 13.6. The van der Waals surface area contributed by atoms with Crippen LogP contribution in [0.4, 0.5) is 28.9 Å². The first-order chi connectivity index (χ1) is 13.5. The first-order valence-corrected chi connectivity index (χ1v) is 8.58. The lowest BCUT2D eigenvalue weighted by atomic mass is 10.2. The maximum absolute atomic E-state index is 13.6. The van der Waals surface area contributed by atoms with Gasteiger partial charge in [-0.25, -0.2) is 4.39 Å². The Balaban J connectivity index is 1.87. The highest BCUT2D eigenvalue weighted by Gasteiger charge is 2.31. The predicted octanol–water partition coefficient (Wildman–Crippen LogP) is 2.20. The van der Waals surface area contributed by atoms with Gasteiger partial charge in [0.1, 0.15) is 11.6 Å². The van der Waals surface area contributed by atoms with Crippen molar-refractivity contribution in [3.63, 3.8) is 0 Å². The van der Waals surface area contributed by atoms with Gasteiger partial charge in [0.05, 0.1) is 12.7 Å². The normalized spacial score (nSPS) is 13.3. The number of likely N-dealkylation sites (N-methyl/N-ethyl adjacent to an activating group) is 1. The first-order valence-electron chi connectivity index (χ1n) is 8.58. The third kappa shape index (κ3) is 7.07. The molecule has 0 heterocycles. The van der Waals surface area contributed by atoms with Crippen molar-refractivity contribution in [2.75, 3.05) is 24.2 Å². The summed E-state index contributed by atoms with van der Waals surface area (Å²) in [7, 11) is 1.62. The van der Waals surface area contributed by atoms with Crippen molar-refractivity contribution in [2.45, 2.75) is 19.3 Å². The highest BCUT2D eigenvalue weighted by Crippen LogP contribution is 2.23. The Kier molecular flexibility index (Phi) is 7.16. The van der Waals surface area contributed by atoms with Gasteiger partial charge in [0, 0.05) is 5.69 Å². The number of rotatable bonds is 7. The van der Waals surface area contributed by atoms with Crippen molar-refractivity contribution >= 4 is 23.2 Å². The monoisotopic (exact) mass is 414 g/mol. The number of amides is 2. The van der Waals surface area contributed by atoms with E-state index in [-0.39, 0.29) is 17.9 Å².